The Morgan fingerprint density at radius 3 is 2.39 bits per heavy atom. The minimum absolute atomic E-state index is 0.364. The van der Waals surface area contributed by atoms with Crippen molar-refractivity contribution in [2.24, 2.45) is 0 Å². The van der Waals surface area contributed by atoms with Gasteiger partial charge in [0.05, 0.1) is 6.20 Å². The predicted molar refractivity (Wildman–Crippen MR) is 124 cm³/mol. The highest BCUT2D eigenvalue weighted by atomic mass is 32.2. The maximum absolute atomic E-state index is 13.9. The van der Waals surface area contributed by atoms with Gasteiger partial charge in [-0.2, -0.15) is 0 Å². The van der Waals surface area contributed by atoms with Gasteiger partial charge in [0.1, 0.15) is 5.82 Å². The molecule has 152 valence electrons. The molecule has 1 N–H and O–H groups in total. The standard InChI is InChI=1S/C25H19FN4S/c1-2-31-25-28-24(29-30-25)21-11-19(10-20(12-21)22-13-23(26)15-27-14-22)18-8-7-16-5-3-4-6-17(16)9-18/h3-15H,2H2,1H3,(H,28,29,30). The Morgan fingerprint density at radius 1 is 0.806 bits per heavy atom. The summed E-state index contributed by atoms with van der Waals surface area (Å²) in [4.78, 5) is 8.63. The smallest absolute Gasteiger partial charge is 0.208 e. The van der Waals surface area contributed by atoms with Crippen molar-refractivity contribution in [3.8, 4) is 33.6 Å². The Bertz CT molecular complexity index is 1380. The van der Waals surface area contributed by atoms with Crippen LogP contribution in [0.3, 0.4) is 0 Å². The first-order valence-electron chi connectivity index (χ1n) is 10.0. The lowest BCUT2D eigenvalue weighted by Crippen LogP contribution is -1.89. The average molecular weight is 427 g/mol. The number of hydrogen-bond acceptors (Lipinski definition) is 4. The largest absolute Gasteiger partial charge is 0.261 e. The summed E-state index contributed by atoms with van der Waals surface area (Å²) < 4.78 is 13.9. The van der Waals surface area contributed by atoms with Crippen LogP contribution in [0.5, 0.6) is 0 Å². The van der Waals surface area contributed by atoms with Gasteiger partial charge in [-0.05, 0) is 63.5 Å². The van der Waals surface area contributed by atoms with E-state index in [-0.39, 0.29) is 5.82 Å². The first-order valence-corrected chi connectivity index (χ1v) is 11.0. The van der Waals surface area contributed by atoms with Crippen LogP contribution in [0.25, 0.3) is 44.4 Å². The number of hydrogen-bond donors (Lipinski definition) is 1. The molecule has 0 aliphatic carbocycles. The summed E-state index contributed by atoms with van der Waals surface area (Å²) in [7, 11) is 0. The number of aromatic nitrogens is 4. The molecule has 4 nitrogen and oxygen atoms in total. The normalized spacial score (nSPS) is 11.2. The van der Waals surface area contributed by atoms with Gasteiger partial charge in [0.25, 0.3) is 0 Å². The van der Waals surface area contributed by atoms with Gasteiger partial charge >= 0.3 is 0 Å². The Hall–Kier alpha value is -3.51. The Labute approximate surface area is 183 Å². The molecule has 0 spiro atoms. The molecule has 0 amide bonds. The van der Waals surface area contributed by atoms with Crippen LogP contribution < -0.4 is 0 Å². The van der Waals surface area contributed by atoms with E-state index in [1.807, 2.05) is 18.2 Å². The summed E-state index contributed by atoms with van der Waals surface area (Å²) in [6.07, 6.45) is 2.88. The molecular formula is C25H19FN4S. The van der Waals surface area contributed by atoms with Gasteiger partial charge < -0.3 is 0 Å². The molecule has 0 saturated carbocycles. The van der Waals surface area contributed by atoms with Crippen molar-refractivity contribution in [3.05, 3.63) is 84.9 Å². The number of nitrogens with one attached hydrogen (secondary N) is 1. The molecular weight excluding hydrogens is 407 g/mol. The third-order valence-electron chi connectivity index (χ3n) is 5.07. The van der Waals surface area contributed by atoms with Crippen LogP contribution in [0.2, 0.25) is 0 Å². The highest BCUT2D eigenvalue weighted by molar-refractivity contribution is 7.99. The molecule has 0 atom stereocenters. The van der Waals surface area contributed by atoms with E-state index in [9.17, 15) is 4.39 Å². The van der Waals surface area contributed by atoms with Gasteiger partial charge in [-0.25, -0.2) is 9.37 Å². The zero-order valence-corrected chi connectivity index (χ0v) is 17.7. The van der Waals surface area contributed by atoms with E-state index in [4.69, 9.17) is 0 Å². The number of pyridine rings is 1. The molecule has 2 aromatic heterocycles. The molecule has 0 fully saturated rings. The van der Waals surface area contributed by atoms with Crippen molar-refractivity contribution in [2.45, 2.75) is 12.1 Å². The lowest BCUT2D eigenvalue weighted by atomic mass is 9.95. The zero-order valence-electron chi connectivity index (χ0n) is 16.8. The monoisotopic (exact) mass is 426 g/mol. The molecule has 0 saturated heterocycles. The van der Waals surface area contributed by atoms with Gasteiger partial charge in [0.15, 0.2) is 5.82 Å². The lowest BCUT2D eigenvalue weighted by Gasteiger charge is -2.10. The fraction of sp³-hybridized carbons (Fsp3) is 0.0800. The van der Waals surface area contributed by atoms with Crippen molar-refractivity contribution in [2.75, 3.05) is 5.75 Å². The number of thioether (sulfide) groups is 1. The summed E-state index contributed by atoms with van der Waals surface area (Å²) in [5.74, 6) is 1.22. The number of rotatable bonds is 5. The summed E-state index contributed by atoms with van der Waals surface area (Å²) in [6, 6.07) is 22.3. The second kappa shape index (κ2) is 8.32. The van der Waals surface area contributed by atoms with Crippen LogP contribution in [-0.2, 0) is 0 Å². The number of nitrogens with zero attached hydrogens (tertiary/aromatic N) is 3. The van der Waals surface area contributed by atoms with Crippen molar-refractivity contribution in [1.29, 1.82) is 0 Å². The van der Waals surface area contributed by atoms with Crippen molar-refractivity contribution in [3.63, 3.8) is 0 Å². The van der Waals surface area contributed by atoms with Gasteiger partial charge in [0.2, 0.25) is 5.16 Å². The quantitative estimate of drug-likeness (QED) is 0.322. The number of fused-ring (bicyclic) bond motifs is 1. The zero-order chi connectivity index (χ0) is 21.2. The summed E-state index contributed by atoms with van der Waals surface area (Å²) in [5.41, 5.74) is 4.57. The van der Waals surface area contributed by atoms with Crippen LogP contribution >= 0.6 is 11.8 Å². The number of halogens is 1. The second-order valence-corrected chi connectivity index (χ2v) is 8.38. The Kier molecular flexibility index (Phi) is 5.22. The summed E-state index contributed by atoms with van der Waals surface area (Å²) in [6.45, 7) is 2.07. The van der Waals surface area contributed by atoms with Gasteiger partial charge in [-0.15, -0.1) is 5.10 Å². The van der Waals surface area contributed by atoms with Crippen LogP contribution in [0.4, 0.5) is 4.39 Å². The molecule has 0 radical (unpaired) electrons. The topological polar surface area (TPSA) is 54.5 Å². The minimum atomic E-state index is -0.364. The van der Waals surface area contributed by atoms with Gasteiger partial charge in [-0.1, -0.05) is 55.1 Å². The predicted octanol–water partition coefficient (Wildman–Crippen LogP) is 6.61. The van der Waals surface area contributed by atoms with Crippen molar-refractivity contribution >= 4 is 22.5 Å². The van der Waals surface area contributed by atoms with E-state index in [0.29, 0.717) is 16.5 Å². The van der Waals surface area contributed by atoms with Crippen LogP contribution in [0.1, 0.15) is 6.92 Å². The van der Waals surface area contributed by atoms with E-state index in [2.05, 4.69) is 69.6 Å². The molecule has 2 heterocycles. The molecule has 0 aliphatic rings. The number of benzene rings is 3. The molecule has 0 bridgehead atoms. The number of aromatic amines is 1. The number of H-pyrrole nitrogens is 1. The van der Waals surface area contributed by atoms with Gasteiger partial charge in [-0.3, -0.25) is 10.1 Å². The van der Waals surface area contributed by atoms with Crippen LogP contribution in [-0.4, -0.2) is 25.9 Å². The Balaban J connectivity index is 1.68. The van der Waals surface area contributed by atoms with E-state index >= 15 is 0 Å². The average Bonchev–Trinajstić information content (AvgIpc) is 3.27. The highest BCUT2D eigenvalue weighted by Gasteiger charge is 2.12. The lowest BCUT2D eigenvalue weighted by molar-refractivity contribution is 0.622. The van der Waals surface area contributed by atoms with Crippen LogP contribution in [0, 0.1) is 5.82 Å². The molecule has 6 heteroatoms. The molecule has 31 heavy (non-hydrogen) atoms. The van der Waals surface area contributed by atoms with E-state index in [1.54, 1.807) is 18.0 Å². The first-order chi connectivity index (χ1) is 15.2. The third-order valence-corrected chi connectivity index (χ3v) is 5.80. The summed E-state index contributed by atoms with van der Waals surface area (Å²) in [5, 5.41) is 10.4. The van der Waals surface area contributed by atoms with Gasteiger partial charge in [0, 0.05) is 17.3 Å². The van der Waals surface area contributed by atoms with E-state index in [1.165, 1.54) is 23.0 Å². The first kappa shape index (κ1) is 19.5. The van der Waals surface area contributed by atoms with Crippen molar-refractivity contribution < 1.29 is 4.39 Å². The SMILES string of the molecule is CCSc1n[nH]c(-c2cc(-c3cncc(F)c3)cc(-c3ccc4ccccc4c3)c2)n1. The fourth-order valence-electron chi connectivity index (χ4n) is 3.61. The molecule has 0 unspecified atom stereocenters. The van der Waals surface area contributed by atoms with Crippen molar-refractivity contribution in [1.82, 2.24) is 20.2 Å². The maximum Gasteiger partial charge on any atom is 0.208 e. The summed E-state index contributed by atoms with van der Waals surface area (Å²) >= 11 is 1.58. The minimum Gasteiger partial charge on any atom is -0.261 e. The van der Waals surface area contributed by atoms with E-state index < -0.39 is 0 Å². The highest BCUT2D eigenvalue weighted by Crippen LogP contribution is 2.33. The molecule has 0 aliphatic heterocycles. The Morgan fingerprint density at radius 2 is 1.58 bits per heavy atom. The molecule has 5 aromatic rings. The molecule has 5 rings (SSSR count). The van der Waals surface area contributed by atoms with Crippen LogP contribution in [0.15, 0.2) is 84.3 Å². The second-order valence-electron chi connectivity index (χ2n) is 7.15. The third kappa shape index (κ3) is 4.07. The molecule has 3 aromatic carbocycles. The fourth-order valence-corrected chi connectivity index (χ4v) is 4.13. The maximum atomic E-state index is 13.9. The van der Waals surface area contributed by atoms with E-state index in [0.717, 1.165) is 28.0 Å².